The van der Waals surface area contributed by atoms with Crippen LogP contribution in [0.25, 0.3) is 0 Å². The van der Waals surface area contributed by atoms with Crippen molar-refractivity contribution in [2.45, 2.75) is 19.3 Å². The predicted octanol–water partition coefficient (Wildman–Crippen LogP) is 2.10. The van der Waals surface area contributed by atoms with Gasteiger partial charge in [0, 0.05) is 0 Å². The Kier molecular flexibility index (Phi) is 3.25. The number of carbonyl (C=O) groups is 1. The molecule has 2 atom stereocenters. The summed E-state index contributed by atoms with van der Waals surface area (Å²) in [4.78, 5) is 10.9. The van der Waals surface area contributed by atoms with Gasteiger partial charge in [0.05, 0.1) is 5.56 Å². The molecule has 2 N–H and O–H groups in total. The Labute approximate surface area is 95.5 Å². The maximum atomic E-state index is 10.9. The van der Waals surface area contributed by atoms with Crippen LogP contribution in [0.5, 0.6) is 0 Å². The molecule has 0 radical (unpaired) electrons. The molecule has 0 spiro atoms. The highest BCUT2D eigenvalue weighted by Crippen LogP contribution is 2.30. The maximum absolute atomic E-state index is 10.9. The van der Waals surface area contributed by atoms with Crippen molar-refractivity contribution in [2.24, 2.45) is 5.92 Å². The normalized spacial score (nSPS) is 25.3. The summed E-state index contributed by atoms with van der Waals surface area (Å²) in [5.74, 6) is 0.210. The highest BCUT2D eigenvalue weighted by molar-refractivity contribution is 5.87. The van der Waals surface area contributed by atoms with Crippen LogP contribution >= 0.6 is 0 Å². The molecule has 1 fully saturated rings. The van der Waals surface area contributed by atoms with Gasteiger partial charge in [-0.1, -0.05) is 19.1 Å². The van der Waals surface area contributed by atoms with E-state index in [0.717, 1.165) is 25.1 Å². The summed E-state index contributed by atoms with van der Waals surface area (Å²) in [5, 5.41) is 12.3. The SMILES string of the molecule is C[C@@H]1CNCCC1c1cccc(C(=O)O)c1. The molecule has 0 aliphatic carbocycles. The lowest BCUT2D eigenvalue weighted by atomic mass is 9.82. The molecular weight excluding hydrogens is 202 g/mol. The Morgan fingerprint density at radius 1 is 1.50 bits per heavy atom. The molecule has 2 rings (SSSR count). The van der Waals surface area contributed by atoms with Crippen LogP contribution in [0.2, 0.25) is 0 Å². The van der Waals surface area contributed by atoms with Crippen molar-refractivity contribution in [2.75, 3.05) is 13.1 Å². The molecular formula is C13H17NO2. The van der Waals surface area contributed by atoms with Gasteiger partial charge in [-0.25, -0.2) is 4.79 Å². The minimum absolute atomic E-state index is 0.392. The van der Waals surface area contributed by atoms with Gasteiger partial charge in [0.1, 0.15) is 0 Å². The molecule has 1 aliphatic heterocycles. The number of rotatable bonds is 2. The first-order valence-corrected chi connectivity index (χ1v) is 5.72. The monoisotopic (exact) mass is 219 g/mol. The second-order valence-electron chi connectivity index (χ2n) is 4.51. The summed E-state index contributed by atoms with van der Waals surface area (Å²) in [6.07, 6.45) is 1.09. The summed E-state index contributed by atoms with van der Waals surface area (Å²) in [5.41, 5.74) is 1.55. The van der Waals surface area contributed by atoms with Crippen molar-refractivity contribution < 1.29 is 9.90 Å². The minimum atomic E-state index is -0.844. The van der Waals surface area contributed by atoms with Gasteiger partial charge in [0.15, 0.2) is 0 Å². The van der Waals surface area contributed by atoms with E-state index in [-0.39, 0.29) is 0 Å². The third-order valence-electron chi connectivity index (χ3n) is 3.35. The maximum Gasteiger partial charge on any atom is 0.335 e. The molecule has 1 unspecified atom stereocenters. The van der Waals surface area contributed by atoms with Crippen molar-refractivity contribution in [1.29, 1.82) is 0 Å². The Bertz CT molecular complexity index is 389. The Morgan fingerprint density at radius 2 is 2.31 bits per heavy atom. The molecule has 1 heterocycles. The fraction of sp³-hybridized carbons (Fsp3) is 0.462. The molecule has 1 aliphatic rings. The number of aromatic carboxylic acids is 1. The molecule has 0 bridgehead atoms. The topological polar surface area (TPSA) is 49.3 Å². The summed E-state index contributed by atoms with van der Waals surface area (Å²) in [7, 11) is 0. The van der Waals surface area contributed by atoms with E-state index in [1.165, 1.54) is 0 Å². The predicted molar refractivity (Wildman–Crippen MR) is 62.8 cm³/mol. The van der Waals surface area contributed by atoms with Crippen LogP contribution in [0.15, 0.2) is 24.3 Å². The second kappa shape index (κ2) is 4.66. The van der Waals surface area contributed by atoms with E-state index in [0.29, 0.717) is 17.4 Å². The van der Waals surface area contributed by atoms with Crippen LogP contribution in [0.3, 0.4) is 0 Å². The van der Waals surface area contributed by atoms with E-state index in [4.69, 9.17) is 5.11 Å². The zero-order valence-electron chi connectivity index (χ0n) is 9.44. The van der Waals surface area contributed by atoms with E-state index in [1.54, 1.807) is 6.07 Å². The van der Waals surface area contributed by atoms with E-state index in [1.807, 2.05) is 18.2 Å². The van der Waals surface area contributed by atoms with E-state index in [2.05, 4.69) is 12.2 Å². The van der Waals surface area contributed by atoms with Gasteiger partial charge in [0.2, 0.25) is 0 Å². The largest absolute Gasteiger partial charge is 0.478 e. The van der Waals surface area contributed by atoms with Gasteiger partial charge < -0.3 is 10.4 Å². The molecule has 0 saturated carbocycles. The molecule has 16 heavy (non-hydrogen) atoms. The molecule has 86 valence electrons. The van der Waals surface area contributed by atoms with E-state index < -0.39 is 5.97 Å². The number of carboxylic acids is 1. The lowest BCUT2D eigenvalue weighted by Gasteiger charge is -2.30. The van der Waals surface area contributed by atoms with Gasteiger partial charge >= 0.3 is 5.97 Å². The van der Waals surface area contributed by atoms with Crippen molar-refractivity contribution in [3.05, 3.63) is 35.4 Å². The fourth-order valence-corrected chi connectivity index (χ4v) is 2.41. The third kappa shape index (κ3) is 2.25. The summed E-state index contributed by atoms with van der Waals surface area (Å²) >= 11 is 0. The Hall–Kier alpha value is -1.35. The highest BCUT2D eigenvalue weighted by Gasteiger charge is 2.23. The molecule has 0 amide bonds. The first kappa shape index (κ1) is 11.1. The van der Waals surface area contributed by atoms with Gasteiger partial charge in [0.25, 0.3) is 0 Å². The van der Waals surface area contributed by atoms with Crippen molar-refractivity contribution in [3.8, 4) is 0 Å². The van der Waals surface area contributed by atoms with Gasteiger partial charge in [-0.3, -0.25) is 0 Å². The standard InChI is InChI=1S/C13H17NO2/c1-9-8-14-6-5-12(9)10-3-2-4-11(7-10)13(15)16/h2-4,7,9,12,14H,5-6,8H2,1H3,(H,15,16)/t9-,12?/m1/s1. The van der Waals surface area contributed by atoms with Gasteiger partial charge in [-0.15, -0.1) is 0 Å². The Morgan fingerprint density at radius 3 is 3.00 bits per heavy atom. The van der Waals surface area contributed by atoms with Crippen molar-refractivity contribution in [1.82, 2.24) is 5.32 Å². The lowest BCUT2D eigenvalue weighted by molar-refractivity contribution is 0.0696. The summed E-state index contributed by atoms with van der Waals surface area (Å²) in [6, 6.07) is 7.35. The number of piperidine rings is 1. The van der Waals surface area contributed by atoms with Gasteiger partial charge in [-0.2, -0.15) is 0 Å². The number of hydrogen-bond acceptors (Lipinski definition) is 2. The summed E-state index contributed by atoms with van der Waals surface area (Å²) < 4.78 is 0. The summed E-state index contributed by atoms with van der Waals surface area (Å²) in [6.45, 7) is 4.25. The number of carboxylic acid groups (broad SMARTS) is 1. The van der Waals surface area contributed by atoms with E-state index >= 15 is 0 Å². The number of nitrogens with one attached hydrogen (secondary N) is 1. The second-order valence-corrected chi connectivity index (χ2v) is 4.51. The highest BCUT2D eigenvalue weighted by atomic mass is 16.4. The zero-order valence-corrected chi connectivity index (χ0v) is 9.44. The van der Waals surface area contributed by atoms with Crippen LogP contribution in [-0.4, -0.2) is 24.2 Å². The zero-order chi connectivity index (χ0) is 11.5. The van der Waals surface area contributed by atoms with Gasteiger partial charge in [-0.05, 0) is 49.0 Å². The first-order valence-electron chi connectivity index (χ1n) is 5.72. The molecule has 1 aromatic rings. The van der Waals surface area contributed by atoms with Crippen molar-refractivity contribution in [3.63, 3.8) is 0 Å². The number of benzene rings is 1. The minimum Gasteiger partial charge on any atom is -0.478 e. The average molecular weight is 219 g/mol. The fourth-order valence-electron chi connectivity index (χ4n) is 2.41. The number of hydrogen-bond donors (Lipinski definition) is 2. The average Bonchev–Trinajstić information content (AvgIpc) is 2.30. The van der Waals surface area contributed by atoms with E-state index in [9.17, 15) is 4.79 Å². The molecule has 1 saturated heterocycles. The van der Waals surface area contributed by atoms with Crippen LogP contribution in [0.1, 0.15) is 35.2 Å². The lowest BCUT2D eigenvalue weighted by Crippen LogP contribution is -2.33. The molecule has 3 heteroatoms. The Balaban J connectivity index is 2.25. The molecule has 0 aromatic heterocycles. The quantitative estimate of drug-likeness (QED) is 0.800. The molecule has 3 nitrogen and oxygen atoms in total. The van der Waals surface area contributed by atoms with Crippen LogP contribution < -0.4 is 5.32 Å². The van der Waals surface area contributed by atoms with Crippen molar-refractivity contribution >= 4 is 5.97 Å². The van der Waals surface area contributed by atoms with Crippen LogP contribution in [0, 0.1) is 5.92 Å². The first-order chi connectivity index (χ1) is 7.68. The van der Waals surface area contributed by atoms with Crippen LogP contribution in [0.4, 0.5) is 0 Å². The smallest absolute Gasteiger partial charge is 0.335 e. The molecule has 1 aromatic carbocycles. The third-order valence-corrected chi connectivity index (χ3v) is 3.35. The van der Waals surface area contributed by atoms with Crippen LogP contribution in [-0.2, 0) is 0 Å².